The predicted octanol–water partition coefficient (Wildman–Crippen LogP) is 5.83. The van der Waals surface area contributed by atoms with E-state index in [1.165, 1.54) is 22.3 Å². The third-order valence-corrected chi connectivity index (χ3v) is 4.99. The largest absolute Gasteiger partial charge is 0.294 e. The zero-order valence-electron chi connectivity index (χ0n) is 14.8. The van der Waals surface area contributed by atoms with Crippen LogP contribution in [0.2, 0.25) is 0 Å². The fraction of sp³-hybridized carbons (Fsp3) is 0.409. The molecule has 1 unspecified atom stereocenters. The predicted molar refractivity (Wildman–Crippen MR) is 96.5 cm³/mol. The fourth-order valence-electron chi connectivity index (χ4n) is 3.39. The van der Waals surface area contributed by atoms with Crippen molar-refractivity contribution in [3.8, 4) is 0 Å². The number of carbonyl (C=O) groups is 1. The number of carbonyl (C=O) groups excluding carboxylic acids is 1. The molecule has 0 radical (unpaired) electrons. The molecule has 0 heterocycles. The van der Waals surface area contributed by atoms with Crippen LogP contribution in [0.5, 0.6) is 0 Å². The van der Waals surface area contributed by atoms with Crippen molar-refractivity contribution in [1.29, 1.82) is 0 Å². The Morgan fingerprint density at radius 1 is 1.00 bits per heavy atom. The molecule has 1 nitrogen and oxygen atoms in total. The summed E-state index contributed by atoms with van der Waals surface area (Å²) in [5.74, 6) is 1.02. The van der Waals surface area contributed by atoms with Crippen molar-refractivity contribution >= 4 is 5.78 Å². The summed E-state index contributed by atoms with van der Waals surface area (Å²) in [5.41, 5.74) is 6.13. The number of hydrogen-bond donors (Lipinski definition) is 0. The first kappa shape index (κ1) is 16.0. The van der Waals surface area contributed by atoms with Crippen molar-refractivity contribution in [1.82, 2.24) is 0 Å². The zero-order chi connectivity index (χ0) is 16.8. The second-order valence-corrected chi connectivity index (χ2v) is 8.05. The van der Waals surface area contributed by atoms with Gasteiger partial charge in [0.2, 0.25) is 0 Å². The second-order valence-electron chi connectivity index (χ2n) is 8.05. The highest BCUT2D eigenvalue weighted by molar-refractivity contribution is 6.02. The molecule has 0 bridgehead atoms. The summed E-state index contributed by atoms with van der Waals surface area (Å²) >= 11 is 0. The first-order valence-electron chi connectivity index (χ1n) is 8.55. The van der Waals surface area contributed by atoms with Gasteiger partial charge >= 0.3 is 0 Å². The molecular formula is C22H26O. The van der Waals surface area contributed by atoms with Gasteiger partial charge in [0, 0.05) is 17.9 Å². The number of benzene rings is 2. The van der Waals surface area contributed by atoms with Gasteiger partial charge in [-0.1, -0.05) is 77.1 Å². The first-order valence-corrected chi connectivity index (χ1v) is 8.55. The maximum atomic E-state index is 12.4. The Balaban J connectivity index is 2.02. The molecule has 0 amide bonds. The molecule has 0 aliphatic heterocycles. The number of fused-ring (bicyclic) bond motifs is 1. The summed E-state index contributed by atoms with van der Waals surface area (Å²) < 4.78 is 0. The minimum atomic E-state index is 0.104. The molecule has 0 N–H and O–H groups in total. The highest BCUT2D eigenvalue weighted by Gasteiger charge is 2.31. The van der Waals surface area contributed by atoms with E-state index in [4.69, 9.17) is 0 Å². The molecule has 2 aromatic carbocycles. The van der Waals surface area contributed by atoms with Crippen LogP contribution < -0.4 is 0 Å². The lowest BCUT2D eigenvalue weighted by Crippen LogP contribution is -2.12. The monoisotopic (exact) mass is 306 g/mol. The van der Waals surface area contributed by atoms with E-state index in [9.17, 15) is 4.79 Å². The number of ketones is 1. The third kappa shape index (κ3) is 2.97. The smallest absolute Gasteiger partial charge is 0.164 e. The van der Waals surface area contributed by atoms with E-state index >= 15 is 0 Å². The number of hydrogen-bond acceptors (Lipinski definition) is 1. The van der Waals surface area contributed by atoms with Crippen molar-refractivity contribution in [2.45, 2.75) is 58.3 Å². The van der Waals surface area contributed by atoms with Crippen LogP contribution in [0.3, 0.4) is 0 Å². The van der Waals surface area contributed by atoms with Crippen LogP contribution in [-0.2, 0) is 5.41 Å². The van der Waals surface area contributed by atoms with E-state index < -0.39 is 0 Å². The van der Waals surface area contributed by atoms with Crippen molar-refractivity contribution in [2.75, 3.05) is 0 Å². The van der Waals surface area contributed by atoms with E-state index in [-0.39, 0.29) is 17.1 Å². The van der Waals surface area contributed by atoms with Crippen molar-refractivity contribution in [2.24, 2.45) is 0 Å². The van der Waals surface area contributed by atoms with Crippen LogP contribution in [0.1, 0.15) is 85.5 Å². The summed E-state index contributed by atoms with van der Waals surface area (Å²) in [7, 11) is 0. The van der Waals surface area contributed by atoms with Crippen LogP contribution in [0.15, 0.2) is 42.5 Å². The van der Waals surface area contributed by atoms with E-state index in [2.05, 4.69) is 71.0 Å². The Morgan fingerprint density at radius 3 is 2.22 bits per heavy atom. The van der Waals surface area contributed by atoms with Gasteiger partial charge in [-0.05, 0) is 33.6 Å². The fourth-order valence-corrected chi connectivity index (χ4v) is 3.39. The summed E-state index contributed by atoms with van der Waals surface area (Å²) in [5, 5.41) is 0. The summed E-state index contributed by atoms with van der Waals surface area (Å²) in [6.07, 6.45) is 0.601. The third-order valence-electron chi connectivity index (χ3n) is 4.99. The molecule has 1 aliphatic rings. The summed E-state index contributed by atoms with van der Waals surface area (Å²) in [6, 6.07) is 15.2. The van der Waals surface area contributed by atoms with Gasteiger partial charge < -0.3 is 0 Å². The lowest BCUT2D eigenvalue weighted by molar-refractivity contribution is 0.0991. The van der Waals surface area contributed by atoms with E-state index in [1.54, 1.807) is 0 Å². The van der Waals surface area contributed by atoms with Crippen LogP contribution in [0.4, 0.5) is 0 Å². The molecule has 0 saturated carbocycles. The standard InChI is InChI=1S/C22H26O/c1-14(2)15-6-8-16(9-7-15)19-13-21(23)18-11-10-17(12-20(18)19)22(3,4)5/h6-12,14,19H,13H2,1-5H3. The molecule has 23 heavy (non-hydrogen) atoms. The maximum Gasteiger partial charge on any atom is 0.164 e. The molecule has 0 aromatic heterocycles. The quantitative estimate of drug-likeness (QED) is 0.682. The molecule has 0 spiro atoms. The van der Waals surface area contributed by atoms with Gasteiger partial charge in [-0.15, -0.1) is 0 Å². The molecule has 1 atom stereocenters. The normalized spacial score (nSPS) is 17.7. The van der Waals surface area contributed by atoms with Crippen molar-refractivity contribution in [3.63, 3.8) is 0 Å². The Morgan fingerprint density at radius 2 is 1.65 bits per heavy atom. The number of Topliss-reactive ketones (excluding diaryl/α,β-unsaturated/α-hetero) is 1. The highest BCUT2D eigenvalue weighted by atomic mass is 16.1. The van der Waals surface area contributed by atoms with Gasteiger partial charge in [0.25, 0.3) is 0 Å². The van der Waals surface area contributed by atoms with E-state index in [0.29, 0.717) is 12.3 Å². The second kappa shape index (κ2) is 5.63. The van der Waals surface area contributed by atoms with Crippen LogP contribution >= 0.6 is 0 Å². The molecule has 3 rings (SSSR count). The van der Waals surface area contributed by atoms with Gasteiger partial charge in [-0.3, -0.25) is 4.79 Å². The van der Waals surface area contributed by atoms with Gasteiger partial charge in [-0.2, -0.15) is 0 Å². The maximum absolute atomic E-state index is 12.4. The Kier molecular flexibility index (Phi) is 3.91. The lowest BCUT2D eigenvalue weighted by Gasteiger charge is -2.21. The molecule has 1 aliphatic carbocycles. The summed E-state index contributed by atoms with van der Waals surface area (Å²) in [6.45, 7) is 11.1. The van der Waals surface area contributed by atoms with Gasteiger partial charge in [0.15, 0.2) is 5.78 Å². The van der Waals surface area contributed by atoms with Crippen molar-refractivity contribution in [3.05, 3.63) is 70.3 Å². The Hall–Kier alpha value is -1.89. The molecule has 0 fully saturated rings. The Bertz CT molecular complexity index is 730. The van der Waals surface area contributed by atoms with Crippen molar-refractivity contribution < 1.29 is 4.79 Å². The molecule has 0 saturated heterocycles. The minimum Gasteiger partial charge on any atom is -0.294 e. The lowest BCUT2D eigenvalue weighted by atomic mass is 9.83. The van der Waals surface area contributed by atoms with Gasteiger partial charge in [-0.25, -0.2) is 0 Å². The van der Waals surface area contributed by atoms with Crippen LogP contribution in [0, 0.1) is 0 Å². The van der Waals surface area contributed by atoms with Crippen LogP contribution in [-0.4, -0.2) is 5.78 Å². The number of rotatable bonds is 2. The van der Waals surface area contributed by atoms with E-state index in [0.717, 1.165) is 5.56 Å². The SMILES string of the molecule is CC(C)c1ccc(C2CC(=O)c3ccc(C(C)(C)C)cc32)cc1. The highest BCUT2D eigenvalue weighted by Crippen LogP contribution is 2.40. The first-order chi connectivity index (χ1) is 10.8. The Labute approximate surface area is 139 Å². The molecular weight excluding hydrogens is 280 g/mol. The topological polar surface area (TPSA) is 17.1 Å². The van der Waals surface area contributed by atoms with Crippen LogP contribution in [0.25, 0.3) is 0 Å². The zero-order valence-corrected chi connectivity index (χ0v) is 14.8. The minimum absolute atomic E-state index is 0.104. The average molecular weight is 306 g/mol. The molecule has 120 valence electrons. The van der Waals surface area contributed by atoms with Gasteiger partial charge in [0.1, 0.15) is 0 Å². The van der Waals surface area contributed by atoms with Gasteiger partial charge in [0.05, 0.1) is 0 Å². The van der Waals surface area contributed by atoms with E-state index in [1.807, 2.05) is 6.07 Å². The summed E-state index contributed by atoms with van der Waals surface area (Å²) in [4.78, 5) is 12.4. The molecule has 2 aromatic rings. The average Bonchev–Trinajstić information content (AvgIpc) is 2.83. The molecule has 1 heteroatoms.